The molecule has 9 heteroatoms. The van der Waals surface area contributed by atoms with E-state index in [0.29, 0.717) is 11.4 Å². The Kier molecular flexibility index (Phi) is 7.30. The van der Waals surface area contributed by atoms with Crippen molar-refractivity contribution in [3.05, 3.63) is 46.8 Å². The third kappa shape index (κ3) is 5.48. The van der Waals surface area contributed by atoms with Crippen molar-refractivity contribution in [1.82, 2.24) is 15.1 Å². The second-order valence-corrected chi connectivity index (χ2v) is 7.74. The van der Waals surface area contributed by atoms with Gasteiger partial charge in [0, 0.05) is 12.2 Å². The maximum Gasteiger partial charge on any atom is 0.416 e. The number of nitrogens with two attached hydrogens (primary N) is 1. The molecule has 2 aromatic rings. The number of aromatic nitrogens is 2. The quantitative estimate of drug-likeness (QED) is 0.790. The molecule has 1 amide bonds. The van der Waals surface area contributed by atoms with Crippen LogP contribution in [0.5, 0.6) is 0 Å². The first-order chi connectivity index (χ1) is 12.3. The van der Waals surface area contributed by atoms with Gasteiger partial charge in [-0.1, -0.05) is 26.8 Å². The number of hydrogen-bond donors (Lipinski definition) is 2. The second-order valence-electron chi connectivity index (χ2n) is 7.74. The average molecular weight is 419 g/mol. The molecule has 1 aromatic carbocycles. The fourth-order valence-corrected chi connectivity index (χ4v) is 2.69. The Morgan fingerprint density at radius 2 is 1.82 bits per heavy atom. The van der Waals surface area contributed by atoms with E-state index in [1.54, 1.807) is 46.8 Å². The van der Waals surface area contributed by atoms with Crippen LogP contribution in [0.2, 0.25) is 0 Å². The van der Waals surface area contributed by atoms with E-state index in [0.717, 1.165) is 11.8 Å². The van der Waals surface area contributed by atoms with E-state index in [9.17, 15) is 18.0 Å². The molecule has 3 N–H and O–H groups in total. The van der Waals surface area contributed by atoms with Crippen LogP contribution in [-0.4, -0.2) is 21.7 Å². The van der Waals surface area contributed by atoms with Crippen LogP contribution in [0.1, 0.15) is 43.3 Å². The molecule has 5 nitrogen and oxygen atoms in total. The van der Waals surface area contributed by atoms with E-state index in [1.807, 2.05) is 0 Å². The number of halogens is 4. The van der Waals surface area contributed by atoms with Crippen molar-refractivity contribution < 1.29 is 18.0 Å². The summed E-state index contributed by atoms with van der Waals surface area (Å²) < 4.78 is 42.1. The van der Waals surface area contributed by atoms with Crippen LogP contribution in [0, 0.1) is 19.3 Å². The highest BCUT2D eigenvalue weighted by molar-refractivity contribution is 5.85. The highest BCUT2D eigenvalue weighted by Gasteiger charge is 2.34. The fraction of sp³-hybridized carbons (Fsp3) is 0.474. The van der Waals surface area contributed by atoms with Gasteiger partial charge in [-0.2, -0.15) is 18.3 Å². The van der Waals surface area contributed by atoms with E-state index < -0.39 is 29.1 Å². The topological polar surface area (TPSA) is 72.9 Å². The minimum atomic E-state index is -4.56. The van der Waals surface area contributed by atoms with Crippen LogP contribution < -0.4 is 11.1 Å². The lowest BCUT2D eigenvalue weighted by Gasteiger charge is -2.26. The molecule has 0 saturated carbocycles. The number of carbonyl (C=O) groups excluding carboxylic acids is 1. The van der Waals surface area contributed by atoms with Crippen LogP contribution in [0.3, 0.4) is 0 Å². The fourth-order valence-electron chi connectivity index (χ4n) is 2.69. The molecule has 0 aliphatic rings. The molecule has 0 radical (unpaired) electrons. The minimum Gasteiger partial charge on any atom is -0.351 e. The zero-order chi connectivity index (χ0) is 20.6. The van der Waals surface area contributed by atoms with Crippen molar-refractivity contribution in [2.24, 2.45) is 11.1 Å². The number of amides is 1. The Bertz CT molecular complexity index is 841. The van der Waals surface area contributed by atoms with Crippen molar-refractivity contribution in [1.29, 1.82) is 0 Å². The molecule has 0 unspecified atom stereocenters. The summed E-state index contributed by atoms with van der Waals surface area (Å²) in [5.41, 5.74) is 6.30. The highest BCUT2D eigenvalue weighted by Crippen LogP contribution is 2.33. The van der Waals surface area contributed by atoms with Crippen LogP contribution in [0.4, 0.5) is 13.2 Å². The van der Waals surface area contributed by atoms with Gasteiger partial charge < -0.3 is 11.1 Å². The van der Waals surface area contributed by atoms with Crippen molar-refractivity contribution in [3.8, 4) is 5.69 Å². The number of benzene rings is 1. The van der Waals surface area contributed by atoms with Gasteiger partial charge in [-0.25, -0.2) is 4.68 Å². The van der Waals surface area contributed by atoms with Gasteiger partial charge in [-0.05, 0) is 43.0 Å². The van der Waals surface area contributed by atoms with Gasteiger partial charge in [0.05, 0.1) is 23.0 Å². The SMILES string of the molecule is Cc1cc(C)n(-c2ccc(CNC(=O)[C@@H](N)C(C)(C)C)c(C(F)(F)F)c2)n1.Cl. The molecule has 2 rings (SSSR count). The molecule has 1 atom stereocenters. The lowest BCUT2D eigenvalue weighted by atomic mass is 9.87. The normalized spacial score (nSPS) is 13.0. The number of hydrogen-bond acceptors (Lipinski definition) is 3. The zero-order valence-corrected chi connectivity index (χ0v) is 17.3. The summed E-state index contributed by atoms with van der Waals surface area (Å²) >= 11 is 0. The zero-order valence-electron chi connectivity index (χ0n) is 16.5. The summed E-state index contributed by atoms with van der Waals surface area (Å²) in [5.74, 6) is -0.488. The molecule has 0 fully saturated rings. The Labute approximate surface area is 168 Å². The molecule has 156 valence electrons. The van der Waals surface area contributed by atoms with E-state index in [2.05, 4.69) is 10.4 Å². The number of rotatable bonds is 4. The van der Waals surface area contributed by atoms with Crippen molar-refractivity contribution >= 4 is 18.3 Å². The summed E-state index contributed by atoms with van der Waals surface area (Å²) in [7, 11) is 0. The van der Waals surface area contributed by atoms with Gasteiger partial charge in [0.25, 0.3) is 0 Å². The molecule has 0 bridgehead atoms. The first-order valence-electron chi connectivity index (χ1n) is 8.58. The van der Waals surface area contributed by atoms with Crippen molar-refractivity contribution in [3.63, 3.8) is 0 Å². The van der Waals surface area contributed by atoms with E-state index in [1.165, 1.54) is 10.7 Å². The summed E-state index contributed by atoms with van der Waals surface area (Å²) in [6, 6.07) is 4.93. The van der Waals surface area contributed by atoms with E-state index in [4.69, 9.17) is 5.73 Å². The first-order valence-corrected chi connectivity index (χ1v) is 8.58. The largest absolute Gasteiger partial charge is 0.416 e. The molecule has 1 aromatic heterocycles. The number of alkyl halides is 3. The lowest BCUT2D eigenvalue weighted by Crippen LogP contribution is -2.48. The van der Waals surface area contributed by atoms with Crippen molar-refractivity contribution in [2.75, 3.05) is 0 Å². The Balaban J connectivity index is 0.00000392. The van der Waals surface area contributed by atoms with Gasteiger partial charge in [-0.15, -0.1) is 12.4 Å². The molecule has 0 aliphatic carbocycles. The maximum atomic E-state index is 13.6. The van der Waals surface area contributed by atoms with Gasteiger partial charge >= 0.3 is 6.18 Å². The Morgan fingerprint density at radius 1 is 1.21 bits per heavy atom. The first kappa shape index (κ1) is 24.0. The molecule has 0 aliphatic heterocycles. The number of nitrogens with one attached hydrogen (secondary N) is 1. The van der Waals surface area contributed by atoms with Gasteiger partial charge in [-0.3, -0.25) is 4.79 Å². The number of aryl methyl sites for hydroxylation is 2. The standard InChI is InChI=1S/C19H25F3N4O.ClH/c1-11-8-12(2)26(25-11)14-7-6-13(15(9-14)19(20,21)22)10-24-17(27)16(23)18(3,4)5;/h6-9,16H,10,23H2,1-5H3,(H,24,27);1H/t16-;/m1./s1. The molecule has 28 heavy (non-hydrogen) atoms. The van der Waals surface area contributed by atoms with Crippen LogP contribution >= 0.6 is 12.4 Å². The predicted octanol–water partition coefficient (Wildman–Crippen LogP) is 3.92. The molecule has 0 saturated heterocycles. The molecule has 0 spiro atoms. The summed E-state index contributed by atoms with van der Waals surface area (Å²) in [5, 5.41) is 6.73. The molecular weight excluding hydrogens is 393 g/mol. The third-order valence-corrected chi connectivity index (χ3v) is 4.32. The third-order valence-electron chi connectivity index (χ3n) is 4.32. The van der Waals surface area contributed by atoms with Crippen LogP contribution in [0.25, 0.3) is 5.69 Å². The van der Waals surface area contributed by atoms with Crippen LogP contribution in [0.15, 0.2) is 24.3 Å². The second kappa shape index (κ2) is 8.53. The Hall–Kier alpha value is -2.06. The highest BCUT2D eigenvalue weighted by atomic mass is 35.5. The molecule has 1 heterocycles. The summed E-state index contributed by atoms with van der Waals surface area (Å²) in [4.78, 5) is 12.1. The van der Waals surface area contributed by atoms with Crippen molar-refractivity contribution in [2.45, 2.75) is 53.4 Å². The van der Waals surface area contributed by atoms with Gasteiger partial charge in [0.2, 0.25) is 5.91 Å². The predicted molar refractivity (Wildman–Crippen MR) is 105 cm³/mol. The maximum absolute atomic E-state index is 13.6. The smallest absolute Gasteiger partial charge is 0.351 e. The van der Waals surface area contributed by atoms with E-state index >= 15 is 0 Å². The lowest BCUT2D eigenvalue weighted by molar-refractivity contribution is -0.138. The van der Waals surface area contributed by atoms with Gasteiger partial charge in [0.15, 0.2) is 0 Å². The summed E-state index contributed by atoms with van der Waals surface area (Å²) in [6.07, 6.45) is -4.56. The van der Waals surface area contributed by atoms with Gasteiger partial charge in [0.1, 0.15) is 0 Å². The monoisotopic (exact) mass is 418 g/mol. The summed E-state index contributed by atoms with van der Waals surface area (Å²) in [6.45, 7) is 8.67. The average Bonchev–Trinajstić information content (AvgIpc) is 2.88. The minimum absolute atomic E-state index is 0. The Morgan fingerprint density at radius 3 is 2.29 bits per heavy atom. The number of nitrogens with zero attached hydrogens (tertiary/aromatic N) is 2. The molecular formula is C19H26ClF3N4O. The number of carbonyl (C=O) groups is 1. The van der Waals surface area contributed by atoms with Crippen LogP contribution in [-0.2, 0) is 17.5 Å². The van der Waals surface area contributed by atoms with E-state index in [-0.39, 0.29) is 24.5 Å².